The lowest BCUT2D eigenvalue weighted by Gasteiger charge is -2.21. The van der Waals surface area contributed by atoms with E-state index in [1.54, 1.807) is 12.3 Å². The van der Waals surface area contributed by atoms with Crippen molar-refractivity contribution < 1.29 is 4.74 Å². The summed E-state index contributed by atoms with van der Waals surface area (Å²) >= 11 is 6.95. The molecule has 3 aromatic rings. The first-order valence-electron chi connectivity index (χ1n) is 10.0. The third kappa shape index (κ3) is 5.83. The second kappa shape index (κ2) is 8.87. The van der Waals surface area contributed by atoms with Crippen LogP contribution in [0.2, 0.25) is 0 Å². The Labute approximate surface area is 199 Å². The van der Waals surface area contributed by atoms with Gasteiger partial charge in [0.1, 0.15) is 11.6 Å². The maximum atomic E-state index is 13.3. The first-order valence-corrected chi connectivity index (χ1v) is 11.6. The normalized spacial score (nSPS) is 12.6. The van der Waals surface area contributed by atoms with Crippen LogP contribution in [0.3, 0.4) is 0 Å². The Morgan fingerprint density at radius 3 is 2.32 bits per heavy atom. The van der Waals surface area contributed by atoms with Crippen LogP contribution in [0.1, 0.15) is 52.9 Å². The highest BCUT2D eigenvalue weighted by atomic mass is 79.9. The number of nitrogens with zero attached hydrogens (tertiary/aromatic N) is 3. The van der Waals surface area contributed by atoms with E-state index in [9.17, 15) is 4.79 Å². The van der Waals surface area contributed by atoms with Crippen molar-refractivity contribution in [2.24, 2.45) is 10.5 Å². The van der Waals surface area contributed by atoms with Gasteiger partial charge in [0.25, 0.3) is 5.56 Å². The minimum absolute atomic E-state index is 0.0213. The van der Waals surface area contributed by atoms with E-state index in [1.807, 2.05) is 51.1 Å². The molecule has 3 rings (SSSR count). The van der Waals surface area contributed by atoms with E-state index < -0.39 is 0 Å². The van der Waals surface area contributed by atoms with Gasteiger partial charge < -0.3 is 4.74 Å². The Kier molecular flexibility index (Phi) is 6.77. The van der Waals surface area contributed by atoms with Gasteiger partial charge in [-0.15, -0.1) is 0 Å². The predicted molar refractivity (Wildman–Crippen MR) is 134 cm³/mol. The van der Waals surface area contributed by atoms with Crippen LogP contribution in [0.4, 0.5) is 0 Å². The van der Waals surface area contributed by atoms with Crippen LogP contribution in [0, 0.1) is 5.41 Å². The Hall–Kier alpha value is -1.99. The largest absolute Gasteiger partial charge is 0.492 e. The summed E-state index contributed by atoms with van der Waals surface area (Å²) in [7, 11) is 0. The Morgan fingerprint density at radius 1 is 1.03 bits per heavy atom. The van der Waals surface area contributed by atoms with Crippen molar-refractivity contribution in [3.63, 3.8) is 0 Å². The minimum Gasteiger partial charge on any atom is -0.492 e. The Bertz CT molecular complexity index is 1200. The van der Waals surface area contributed by atoms with E-state index in [0.717, 1.165) is 14.5 Å². The number of rotatable bonds is 4. The summed E-state index contributed by atoms with van der Waals surface area (Å²) in [5.41, 5.74) is 0.870. The maximum Gasteiger partial charge on any atom is 0.282 e. The molecule has 0 aliphatic carbocycles. The zero-order valence-corrected chi connectivity index (χ0v) is 21.8. The van der Waals surface area contributed by atoms with Gasteiger partial charge in [0.15, 0.2) is 0 Å². The van der Waals surface area contributed by atoms with Crippen molar-refractivity contribution >= 4 is 49.0 Å². The highest BCUT2D eigenvalue weighted by Gasteiger charge is 2.23. The van der Waals surface area contributed by atoms with Crippen molar-refractivity contribution in [3.8, 4) is 5.75 Å². The highest BCUT2D eigenvalue weighted by Crippen LogP contribution is 2.26. The van der Waals surface area contributed by atoms with Crippen LogP contribution in [-0.4, -0.2) is 22.5 Å². The number of fused-ring (bicyclic) bond motifs is 1. The van der Waals surface area contributed by atoms with E-state index in [2.05, 4.69) is 57.7 Å². The van der Waals surface area contributed by atoms with E-state index >= 15 is 0 Å². The van der Waals surface area contributed by atoms with Crippen molar-refractivity contribution in [1.29, 1.82) is 0 Å². The topological polar surface area (TPSA) is 56.5 Å². The van der Waals surface area contributed by atoms with Gasteiger partial charge in [-0.05, 0) is 41.8 Å². The SMILES string of the molecule is CC(C)(C)COc1ccc(Br)cc1C=Nn1c(C(C)(C)C)nc2ccc(Br)cc2c1=O. The number of benzene rings is 2. The smallest absolute Gasteiger partial charge is 0.282 e. The number of halogens is 2. The summed E-state index contributed by atoms with van der Waals surface area (Å²) < 4.78 is 9.16. The molecule has 0 bridgehead atoms. The van der Waals surface area contributed by atoms with Crippen LogP contribution in [0.25, 0.3) is 10.9 Å². The van der Waals surface area contributed by atoms with Gasteiger partial charge in [-0.3, -0.25) is 4.79 Å². The van der Waals surface area contributed by atoms with Crippen molar-refractivity contribution in [2.75, 3.05) is 6.61 Å². The second-order valence-corrected chi connectivity index (χ2v) is 11.6. The summed E-state index contributed by atoms with van der Waals surface area (Å²) in [4.78, 5) is 18.1. The molecule has 31 heavy (non-hydrogen) atoms. The molecule has 0 unspecified atom stereocenters. The predicted octanol–water partition coefficient (Wildman–Crippen LogP) is 6.53. The molecular formula is C24H27Br2N3O2. The number of hydrogen-bond acceptors (Lipinski definition) is 4. The second-order valence-electron chi connectivity index (χ2n) is 9.74. The molecule has 0 aliphatic heterocycles. The van der Waals surface area contributed by atoms with Gasteiger partial charge in [-0.1, -0.05) is 73.4 Å². The van der Waals surface area contributed by atoms with Gasteiger partial charge in [0.2, 0.25) is 0 Å². The molecule has 5 nitrogen and oxygen atoms in total. The van der Waals surface area contributed by atoms with Gasteiger partial charge in [-0.25, -0.2) is 4.98 Å². The molecule has 164 valence electrons. The summed E-state index contributed by atoms with van der Waals surface area (Å²) in [5.74, 6) is 1.31. The fraction of sp³-hybridized carbons (Fsp3) is 0.375. The molecule has 1 heterocycles. The number of aromatic nitrogens is 2. The average molecular weight is 549 g/mol. The zero-order valence-electron chi connectivity index (χ0n) is 18.7. The van der Waals surface area contributed by atoms with Crippen LogP contribution in [0.15, 0.2) is 55.2 Å². The lowest BCUT2D eigenvalue weighted by molar-refractivity contribution is 0.197. The van der Waals surface area contributed by atoms with E-state index in [1.165, 1.54) is 4.68 Å². The van der Waals surface area contributed by atoms with Gasteiger partial charge in [0.05, 0.1) is 23.7 Å². The third-order valence-corrected chi connectivity index (χ3v) is 5.41. The highest BCUT2D eigenvalue weighted by molar-refractivity contribution is 9.10. The molecule has 7 heteroatoms. The summed E-state index contributed by atoms with van der Waals surface area (Å²) in [6.45, 7) is 13.0. The van der Waals surface area contributed by atoms with Crippen LogP contribution in [0.5, 0.6) is 5.75 Å². The lowest BCUT2D eigenvalue weighted by atomic mass is 9.95. The lowest BCUT2D eigenvalue weighted by Crippen LogP contribution is -2.29. The van der Waals surface area contributed by atoms with Crippen LogP contribution in [-0.2, 0) is 5.41 Å². The Morgan fingerprint density at radius 2 is 1.68 bits per heavy atom. The van der Waals surface area contributed by atoms with Gasteiger partial charge >= 0.3 is 0 Å². The summed E-state index contributed by atoms with van der Waals surface area (Å²) in [6.07, 6.45) is 1.66. The van der Waals surface area contributed by atoms with Crippen LogP contribution < -0.4 is 10.3 Å². The molecule has 0 spiro atoms. The summed E-state index contributed by atoms with van der Waals surface area (Å²) in [5, 5.41) is 5.08. The van der Waals surface area contributed by atoms with E-state index in [4.69, 9.17) is 9.72 Å². The Balaban J connectivity index is 2.14. The van der Waals surface area contributed by atoms with Crippen molar-refractivity contribution in [1.82, 2.24) is 9.66 Å². The molecule has 1 aromatic heterocycles. The monoisotopic (exact) mass is 547 g/mol. The van der Waals surface area contributed by atoms with E-state index in [-0.39, 0.29) is 16.4 Å². The minimum atomic E-state index is -0.374. The molecule has 0 aliphatic rings. The van der Waals surface area contributed by atoms with E-state index in [0.29, 0.717) is 29.1 Å². The fourth-order valence-corrected chi connectivity index (χ4v) is 3.65. The molecule has 0 atom stereocenters. The molecule has 0 amide bonds. The van der Waals surface area contributed by atoms with Crippen molar-refractivity contribution in [2.45, 2.75) is 47.0 Å². The maximum absolute atomic E-state index is 13.3. The fourth-order valence-electron chi connectivity index (χ4n) is 2.91. The number of hydrogen-bond donors (Lipinski definition) is 0. The van der Waals surface area contributed by atoms with Crippen molar-refractivity contribution in [3.05, 3.63) is 67.1 Å². The molecule has 0 N–H and O–H groups in total. The molecular weight excluding hydrogens is 522 g/mol. The zero-order chi connectivity index (χ0) is 23.0. The standard InChI is InChI=1S/C24H27Br2N3O2/c1-23(2,3)14-31-20-10-8-16(25)11-15(20)13-27-29-21(30)18-12-17(26)7-9-19(18)28-22(29)24(4,5)6/h7-13H,14H2,1-6H3. The van der Waals surface area contributed by atoms with Gasteiger partial charge in [-0.2, -0.15) is 9.78 Å². The third-order valence-electron chi connectivity index (χ3n) is 4.42. The molecule has 0 radical (unpaired) electrons. The first-order chi connectivity index (χ1) is 14.3. The van der Waals surface area contributed by atoms with Gasteiger partial charge in [0, 0.05) is 19.9 Å². The van der Waals surface area contributed by atoms with Crippen LogP contribution >= 0.6 is 31.9 Å². The molecule has 0 fully saturated rings. The molecule has 2 aromatic carbocycles. The average Bonchev–Trinajstić information content (AvgIpc) is 2.65. The number of ether oxygens (including phenoxy) is 1. The first kappa shape index (κ1) is 23.7. The molecule has 0 saturated carbocycles. The summed E-state index contributed by atoms with van der Waals surface area (Å²) in [6, 6.07) is 11.3. The molecule has 0 saturated heterocycles. The quantitative estimate of drug-likeness (QED) is 0.348.